The van der Waals surface area contributed by atoms with Crippen LogP contribution in [0.4, 0.5) is 0 Å². The van der Waals surface area contributed by atoms with E-state index in [-0.39, 0.29) is 5.78 Å². The van der Waals surface area contributed by atoms with Gasteiger partial charge in [-0.2, -0.15) is 0 Å². The van der Waals surface area contributed by atoms with Crippen LogP contribution in [0, 0.1) is 0 Å². The van der Waals surface area contributed by atoms with Gasteiger partial charge in [-0.15, -0.1) is 0 Å². The molecule has 0 aliphatic carbocycles. The maximum Gasteiger partial charge on any atom is 0.151 e. The van der Waals surface area contributed by atoms with Gasteiger partial charge in [0.25, 0.3) is 0 Å². The van der Waals surface area contributed by atoms with Gasteiger partial charge in [0, 0.05) is 26.2 Å². The van der Waals surface area contributed by atoms with E-state index in [4.69, 9.17) is 4.74 Å². The van der Waals surface area contributed by atoms with E-state index in [2.05, 4.69) is 34.5 Å². The fourth-order valence-corrected chi connectivity index (χ4v) is 2.75. The second kappa shape index (κ2) is 7.49. The van der Waals surface area contributed by atoms with Crippen LogP contribution in [-0.4, -0.2) is 50.2 Å². The number of nitrogens with one attached hydrogen (secondary N) is 1. The third kappa shape index (κ3) is 4.13. The largest absolute Gasteiger partial charge is 0.379 e. The third-order valence-electron chi connectivity index (χ3n) is 3.98. The van der Waals surface area contributed by atoms with Crippen molar-refractivity contribution in [3.05, 3.63) is 48.0 Å². The zero-order valence-electron chi connectivity index (χ0n) is 12.8. The number of benzene rings is 2. The molecule has 1 aliphatic heterocycles. The summed E-state index contributed by atoms with van der Waals surface area (Å²) in [6.07, 6.45) is 0.487. The Bertz CT molecular complexity index is 636. The van der Waals surface area contributed by atoms with Gasteiger partial charge in [-0.25, -0.2) is 0 Å². The van der Waals surface area contributed by atoms with Crippen LogP contribution in [0.1, 0.15) is 5.56 Å². The molecule has 0 atom stereocenters. The average molecular weight is 298 g/mol. The number of carbonyl (C=O) groups excluding carboxylic acids is 1. The van der Waals surface area contributed by atoms with Crippen molar-refractivity contribution < 1.29 is 9.53 Å². The molecule has 22 heavy (non-hydrogen) atoms. The lowest BCUT2D eigenvalue weighted by Gasteiger charge is -2.26. The summed E-state index contributed by atoms with van der Waals surface area (Å²) in [6.45, 7) is 4.62. The molecular formula is C18H22N2O2. The monoisotopic (exact) mass is 298 g/mol. The second-order valence-electron chi connectivity index (χ2n) is 5.71. The lowest BCUT2D eigenvalue weighted by molar-refractivity contribution is -0.117. The zero-order valence-corrected chi connectivity index (χ0v) is 12.8. The van der Waals surface area contributed by atoms with Crippen molar-refractivity contribution in [1.29, 1.82) is 0 Å². The van der Waals surface area contributed by atoms with Gasteiger partial charge in [-0.05, 0) is 16.3 Å². The normalized spacial score (nSPS) is 16.0. The van der Waals surface area contributed by atoms with Gasteiger partial charge in [-0.3, -0.25) is 15.0 Å². The number of ether oxygens (including phenoxy) is 1. The first kappa shape index (κ1) is 15.2. The van der Waals surface area contributed by atoms with E-state index in [1.54, 1.807) is 0 Å². The zero-order chi connectivity index (χ0) is 15.2. The molecule has 116 valence electrons. The highest BCUT2D eigenvalue weighted by atomic mass is 16.5. The summed E-state index contributed by atoms with van der Waals surface area (Å²) < 4.78 is 5.30. The van der Waals surface area contributed by atoms with Gasteiger partial charge >= 0.3 is 0 Å². The predicted molar refractivity (Wildman–Crippen MR) is 87.9 cm³/mol. The quantitative estimate of drug-likeness (QED) is 0.883. The molecule has 1 aliphatic rings. The van der Waals surface area contributed by atoms with Crippen molar-refractivity contribution in [2.24, 2.45) is 0 Å². The van der Waals surface area contributed by atoms with E-state index in [9.17, 15) is 4.79 Å². The van der Waals surface area contributed by atoms with Crippen molar-refractivity contribution in [1.82, 2.24) is 10.2 Å². The summed E-state index contributed by atoms with van der Waals surface area (Å²) in [5.41, 5.74) is 1.08. The van der Waals surface area contributed by atoms with Crippen molar-refractivity contribution in [3.63, 3.8) is 0 Å². The van der Waals surface area contributed by atoms with E-state index in [1.165, 1.54) is 10.8 Å². The summed E-state index contributed by atoms with van der Waals surface area (Å²) >= 11 is 0. The van der Waals surface area contributed by atoms with Crippen molar-refractivity contribution in [3.8, 4) is 0 Å². The average Bonchev–Trinajstić information content (AvgIpc) is 2.56. The van der Waals surface area contributed by atoms with E-state index in [1.807, 2.05) is 18.2 Å². The first-order chi connectivity index (χ1) is 10.8. The van der Waals surface area contributed by atoms with E-state index >= 15 is 0 Å². The van der Waals surface area contributed by atoms with Crippen LogP contribution < -0.4 is 5.32 Å². The predicted octanol–water partition coefficient (Wildman–Crippen LogP) is 1.83. The Labute approximate surface area is 131 Å². The summed E-state index contributed by atoms with van der Waals surface area (Å²) in [5.74, 6) is 0.226. The molecule has 0 amide bonds. The second-order valence-corrected chi connectivity index (χ2v) is 5.71. The number of fused-ring (bicyclic) bond motifs is 1. The smallest absolute Gasteiger partial charge is 0.151 e. The van der Waals surface area contributed by atoms with Gasteiger partial charge in [-0.1, -0.05) is 42.5 Å². The molecule has 1 saturated heterocycles. The molecule has 0 radical (unpaired) electrons. The molecule has 4 heteroatoms. The minimum atomic E-state index is 0.226. The molecule has 0 aromatic heterocycles. The highest BCUT2D eigenvalue weighted by Gasteiger charge is 2.10. The molecular weight excluding hydrogens is 276 g/mol. The Balaban J connectivity index is 1.47. The number of hydrogen-bond donors (Lipinski definition) is 1. The van der Waals surface area contributed by atoms with Crippen LogP contribution >= 0.6 is 0 Å². The maximum atomic E-state index is 12.1. The molecule has 4 nitrogen and oxygen atoms in total. The summed E-state index contributed by atoms with van der Waals surface area (Å²) in [4.78, 5) is 14.4. The van der Waals surface area contributed by atoms with Gasteiger partial charge < -0.3 is 4.74 Å². The highest BCUT2D eigenvalue weighted by Crippen LogP contribution is 2.16. The molecule has 2 aromatic carbocycles. The van der Waals surface area contributed by atoms with E-state index in [0.29, 0.717) is 13.0 Å². The minimum absolute atomic E-state index is 0.226. The molecule has 0 spiro atoms. The fourth-order valence-electron chi connectivity index (χ4n) is 2.75. The fraction of sp³-hybridized carbons (Fsp3) is 0.389. The molecule has 0 bridgehead atoms. The van der Waals surface area contributed by atoms with Gasteiger partial charge in [0.05, 0.1) is 19.8 Å². The summed E-state index contributed by atoms with van der Waals surface area (Å²) in [6, 6.07) is 14.5. The van der Waals surface area contributed by atoms with Crippen molar-refractivity contribution in [2.75, 3.05) is 39.5 Å². The molecule has 3 rings (SSSR count). The van der Waals surface area contributed by atoms with Crippen LogP contribution in [0.5, 0.6) is 0 Å². The Morgan fingerprint density at radius 2 is 1.86 bits per heavy atom. The molecule has 2 aromatic rings. The number of rotatable bonds is 6. The Kier molecular flexibility index (Phi) is 5.16. The van der Waals surface area contributed by atoms with Crippen LogP contribution in [0.15, 0.2) is 42.5 Å². The standard InChI is InChI=1S/C18H22N2O2/c21-18(13-19-14-20-7-9-22-10-8-20)12-15-5-6-16-3-1-2-4-17(16)11-15/h1-6,11,19H,7-10,12-14H2. The number of morpholine rings is 1. The number of Topliss-reactive ketones (excluding diaryl/α,β-unsaturated/α-hetero) is 1. The lowest BCUT2D eigenvalue weighted by Crippen LogP contribution is -2.43. The van der Waals surface area contributed by atoms with Crippen LogP contribution in [-0.2, 0) is 16.0 Å². The molecule has 0 unspecified atom stereocenters. The Morgan fingerprint density at radius 3 is 2.68 bits per heavy atom. The number of nitrogens with zero attached hydrogens (tertiary/aromatic N) is 1. The van der Waals surface area contributed by atoms with Crippen LogP contribution in [0.3, 0.4) is 0 Å². The van der Waals surface area contributed by atoms with Crippen LogP contribution in [0.25, 0.3) is 10.8 Å². The van der Waals surface area contributed by atoms with Gasteiger partial charge in [0.1, 0.15) is 0 Å². The topological polar surface area (TPSA) is 41.6 Å². The lowest BCUT2D eigenvalue weighted by atomic mass is 10.0. The number of hydrogen-bond acceptors (Lipinski definition) is 4. The SMILES string of the molecule is O=C(CNCN1CCOCC1)Cc1ccc2ccccc2c1. The van der Waals surface area contributed by atoms with E-state index < -0.39 is 0 Å². The molecule has 1 fully saturated rings. The molecule has 0 saturated carbocycles. The van der Waals surface area contributed by atoms with Crippen molar-refractivity contribution >= 4 is 16.6 Å². The number of carbonyl (C=O) groups is 1. The highest BCUT2D eigenvalue weighted by molar-refractivity contribution is 5.86. The van der Waals surface area contributed by atoms with Crippen LogP contribution in [0.2, 0.25) is 0 Å². The molecule has 1 heterocycles. The Morgan fingerprint density at radius 1 is 1.09 bits per heavy atom. The molecule has 1 N–H and O–H groups in total. The first-order valence-corrected chi connectivity index (χ1v) is 7.81. The minimum Gasteiger partial charge on any atom is -0.379 e. The summed E-state index contributed by atoms with van der Waals surface area (Å²) in [5, 5.41) is 5.63. The van der Waals surface area contributed by atoms with Gasteiger partial charge in [0.2, 0.25) is 0 Å². The van der Waals surface area contributed by atoms with Crippen molar-refractivity contribution in [2.45, 2.75) is 6.42 Å². The Hall–Kier alpha value is -1.75. The summed E-state index contributed by atoms with van der Waals surface area (Å²) in [7, 11) is 0. The third-order valence-corrected chi connectivity index (χ3v) is 3.98. The van der Waals surface area contributed by atoms with E-state index in [0.717, 1.165) is 38.5 Å². The maximum absolute atomic E-state index is 12.1. The number of ketones is 1. The van der Waals surface area contributed by atoms with Gasteiger partial charge in [0.15, 0.2) is 5.78 Å². The first-order valence-electron chi connectivity index (χ1n) is 7.81.